The minimum Gasteiger partial charge on any atom is -0.368 e. The zero-order valence-electron chi connectivity index (χ0n) is 11.6. The maximum absolute atomic E-state index is 11.8. The molecule has 0 saturated carbocycles. The van der Waals surface area contributed by atoms with Gasteiger partial charge in [0.25, 0.3) is 0 Å². The molecule has 1 amide bonds. The Labute approximate surface area is 122 Å². The minimum absolute atomic E-state index is 0.0599. The molecule has 2 aromatic rings. The summed E-state index contributed by atoms with van der Waals surface area (Å²) in [5.41, 5.74) is 0.913. The smallest absolute Gasteiger partial charge is 0.249 e. The lowest BCUT2D eigenvalue weighted by atomic mass is 10.2. The fourth-order valence-corrected chi connectivity index (χ4v) is 2.25. The first-order chi connectivity index (χ1) is 10.3. The number of nitrogens with zero attached hydrogens (tertiary/aromatic N) is 2. The van der Waals surface area contributed by atoms with Gasteiger partial charge in [-0.1, -0.05) is 35.5 Å². The Morgan fingerprint density at radius 3 is 2.95 bits per heavy atom. The van der Waals surface area contributed by atoms with Crippen LogP contribution in [0.1, 0.15) is 18.7 Å². The molecular weight excluding hydrogens is 270 g/mol. The summed E-state index contributed by atoms with van der Waals surface area (Å²) in [5.74, 6) is 1.02. The van der Waals surface area contributed by atoms with Gasteiger partial charge in [-0.15, -0.1) is 0 Å². The van der Waals surface area contributed by atoms with Crippen molar-refractivity contribution in [3.63, 3.8) is 0 Å². The normalized spacial score (nSPS) is 17.8. The molecule has 1 aliphatic heterocycles. The Bertz CT molecular complexity index is 591. The number of carbonyl (C=O) groups is 1. The number of rotatable bonds is 5. The molecule has 0 aliphatic carbocycles. The standard InChI is InChI=1S/C15H17N3O3/c19-15(12-7-4-10-20-12)16-9-8-13-17-14(18-21-13)11-5-2-1-3-6-11/h1-3,5-6,12H,4,7-10H2,(H,16,19). The molecule has 1 aromatic heterocycles. The third-order valence-electron chi connectivity index (χ3n) is 3.36. The van der Waals surface area contributed by atoms with Gasteiger partial charge < -0.3 is 14.6 Å². The second kappa shape index (κ2) is 6.49. The summed E-state index contributed by atoms with van der Waals surface area (Å²) < 4.78 is 10.5. The molecule has 0 radical (unpaired) electrons. The first-order valence-electron chi connectivity index (χ1n) is 7.10. The molecule has 2 heterocycles. The van der Waals surface area contributed by atoms with Crippen LogP contribution in [0.5, 0.6) is 0 Å². The summed E-state index contributed by atoms with van der Waals surface area (Å²) in [4.78, 5) is 16.1. The molecule has 6 heteroatoms. The van der Waals surface area contributed by atoms with Gasteiger partial charge in [-0.3, -0.25) is 4.79 Å². The van der Waals surface area contributed by atoms with E-state index in [2.05, 4.69) is 15.5 Å². The molecule has 0 spiro atoms. The Hall–Kier alpha value is -2.21. The lowest BCUT2D eigenvalue weighted by Crippen LogP contribution is -2.35. The summed E-state index contributed by atoms with van der Waals surface area (Å²) in [6.45, 7) is 1.14. The summed E-state index contributed by atoms with van der Waals surface area (Å²) >= 11 is 0. The number of hydrogen-bond donors (Lipinski definition) is 1. The molecule has 1 unspecified atom stereocenters. The largest absolute Gasteiger partial charge is 0.368 e. The highest BCUT2D eigenvalue weighted by molar-refractivity contribution is 5.80. The summed E-state index contributed by atoms with van der Waals surface area (Å²) in [6.07, 6.45) is 1.96. The van der Waals surface area contributed by atoms with E-state index < -0.39 is 0 Å². The second-order valence-corrected chi connectivity index (χ2v) is 4.92. The van der Waals surface area contributed by atoms with Crippen LogP contribution in [-0.4, -0.2) is 35.3 Å². The number of amides is 1. The van der Waals surface area contributed by atoms with E-state index in [1.807, 2.05) is 30.3 Å². The third-order valence-corrected chi connectivity index (χ3v) is 3.36. The van der Waals surface area contributed by atoms with Crippen LogP contribution in [0.3, 0.4) is 0 Å². The quantitative estimate of drug-likeness (QED) is 0.903. The van der Waals surface area contributed by atoms with E-state index in [-0.39, 0.29) is 12.0 Å². The summed E-state index contributed by atoms with van der Waals surface area (Å²) in [7, 11) is 0. The number of ether oxygens (including phenoxy) is 1. The van der Waals surface area contributed by atoms with E-state index in [1.165, 1.54) is 0 Å². The van der Waals surface area contributed by atoms with Crippen LogP contribution in [0.25, 0.3) is 11.4 Å². The van der Waals surface area contributed by atoms with Crippen LogP contribution >= 0.6 is 0 Å². The lowest BCUT2D eigenvalue weighted by Gasteiger charge is -2.08. The van der Waals surface area contributed by atoms with Gasteiger partial charge in [0.15, 0.2) is 0 Å². The molecular formula is C15H17N3O3. The highest BCUT2D eigenvalue weighted by Crippen LogP contribution is 2.15. The molecule has 1 saturated heterocycles. The van der Waals surface area contributed by atoms with Crippen molar-refractivity contribution in [3.8, 4) is 11.4 Å². The van der Waals surface area contributed by atoms with Gasteiger partial charge >= 0.3 is 0 Å². The Kier molecular flexibility index (Phi) is 4.25. The molecule has 1 aromatic carbocycles. The van der Waals surface area contributed by atoms with E-state index in [4.69, 9.17) is 9.26 Å². The molecule has 1 fully saturated rings. The third kappa shape index (κ3) is 3.46. The SMILES string of the molecule is O=C(NCCc1nc(-c2ccccc2)no1)C1CCCO1. The van der Waals surface area contributed by atoms with E-state index >= 15 is 0 Å². The highest BCUT2D eigenvalue weighted by Gasteiger charge is 2.23. The van der Waals surface area contributed by atoms with E-state index in [0.29, 0.717) is 31.3 Å². The molecule has 110 valence electrons. The summed E-state index contributed by atoms with van der Waals surface area (Å²) in [6, 6.07) is 9.63. The highest BCUT2D eigenvalue weighted by atomic mass is 16.5. The minimum atomic E-state index is -0.299. The van der Waals surface area contributed by atoms with Gasteiger partial charge in [-0.25, -0.2) is 0 Å². The molecule has 3 rings (SSSR count). The van der Waals surface area contributed by atoms with E-state index in [1.54, 1.807) is 0 Å². The maximum atomic E-state index is 11.8. The van der Waals surface area contributed by atoms with Crippen LogP contribution in [-0.2, 0) is 16.0 Å². The Morgan fingerprint density at radius 1 is 1.33 bits per heavy atom. The predicted molar refractivity (Wildman–Crippen MR) is 75.4 cm³/mol. The van der Waals surface area contributed by atoms with Crippen molar-refractivity contribution >= 4 is 5.91 Å². The van der Waals surface area contributed by atoms with Crippen LogP contribution in [0.15, 0.2) is 34.9 Å². The molecule has 1 N–H and O–H groups in total. The van der Waals surface area contributed by atoms with Crippen molar-refractivity contribution in [2.45, 2.75) is 25.4 Å². The second-order valence-electron chi connectivity index (χ2n) is 4.92. The average molecular weight is 287 g/mol. The predicted octanol–water partition coefficient (Wildman–Crippen LogP) is 1.57. The van der Waals surface area contributed by atoms with Crippen molar-refractivity contribution in [1.29, 1.82) is 0 Å². The fraction of sp³-hybridized carbons (Fsp3) is 0.400. The zero-order chi connectivity index (χ0) is 14.5. The average Bonchev–Trinajstić information content (AvgIpc) is 3.20. The number of nitrogens with one attached hydrogen (secondary N) is 1. The first kappa shape index (κ1) is 13.8. The molecule has 21 heavy (non-hydrogen) atoms. The van der Waals surface area contributed by atoms with Crippen molar-refractivity contribution in [3.05, 3.63) is 36.2 Å². The van der Waals surface area contributed by atoms with Crippen LogP contribution in [0.2, 0.25) is 0 Å². The van der Waals surface area contributed by atoms with Crippen molar-refractivity contribution < 1.29 is 14.1 Å². The molecule has 6 nitrogen and oxygen atoms in total. The zero-order valence-corrected chi connectivity index (χ0v) is 11.6. The van der Waals surface area contributed by atoms with Crippen LogP contribution < -0.4 is 5.32 Å². The van der Waals surface area contributed by atoms with Gasteiger partial charge in [0.05, 0.1) is 0 Å². The molecule has 1 atom stereocenters. The number of benzene rings is 1. The van der Waals surface area contributed by atoms with Crippen molar-refractivity contribution in [1.82, 2.24) is 15.5 Å². The number of carbonyl (C=O) groups excluding carboxylic acids is 1. The number of hydrogen-bond acceptors (Lipinski definition) is 5. The molecule has 0 bridgehead atoms. The summed E-state index contributed by atoms with van der Waals surface area (Å²) in [5, 5.41) is 6.77. The number of aromatic nitrogens is 2. The van der Waals surface area contributed by atoms with Crippen LogP contribution in [0, 0.1) is 0 Å². The van der Waals surface area contributed by atoms with Gasteiger partial charge in [0.2, 0.25) is 17.6 Å². The first-order valence-corrected chi connectivity index (χ1v) is 7.10. The van der Waals surface area contributed by atoms with Gasteiger partial charge in [-0.2, -0.15) is 4.98 Å². The van der Waals surface area contributed by atoms with Crippen molar-refractivity contribution in [2.24, 2.45) is 0 Å². The Morgan fingerprint density at radius 2 is 2.19 bits per heavy atom. The molecule has 1 aliphatic rings. The van der Waals surface area contributed by atoms with E-state index in [9.17, 15) is 4.79 Å². The Balaban J connectivity index is 1.50. The topological polar surface area (TPSA) is 77.3 Å². The maximum Gasteiger partial charge on any atom is 0.249 e. The monoisotopic (exact) mass is 287 g/mol. The van der Waals surface area contributed by atoms with Crippen molar-refractivity contribution in [2.75, 3.05) is 13.2 Å². The lowest BCUT2D eigenvalue weighted by molar-refractivity contribution is -0.130. The van der Waals surface area contributed by atoms with E-state index in [0.717, 1.165) is 18.4 Å². The van der Waals surface area contributed by atoms with Gasteiger partial charge in [0.1, 0.15) is 6.10 Å². The van der Waals surface area contributed by atoms with Gasteiger partial charge in [-0.05, 0) is 12.8 Å². The van der Waals surface area contributed by atoms with Crippen LogP contribution in [0.4, 0.5) is 0 Å². The van der Waals surface area contributed by atoms with Gasteiger partial charge in [0, 0.05) is 25.1 Å². The fourth-order valence-electron chi connectivity index (χ4n) is 2.25.